The summed E-state index contributed by atoms with van der Waals surface area (Å²) in [6.07, 6.45) is 0. The molecule has 19 heavy (non-hydrogen) atoms. The maximum atomic E-state index is 12.0. The molecule has 0 saturated carbocycles. The zero-order valence-corrected chi connectivity index (χ0v) is 12.5. The summed E-state index contributed by atoms with van der Waals surface area (Å²) in [6, 6.07) is 0. The number of guanidine groups is 1. The minimum absolute atomic E-state index is 0.0350. The van der Waals surface area contributed by atoms with E-state index in [-0.39, 0.29) is 12.3 Å². The summed E-state index contributed by atoms with van der Waals surface area (Å²) in [7, 11) is -3.22. The number of hydrogen-bond acceptors (Lipinski definition) is 4. The van der Waals surface area contributed by atoms with E-state index in [1.54, 1.807) is 0 Å². The Morgan fingerprint density at radius 1 is 1.21 bits per heavy atom. The molecule has 1 aliphatic heterocycles. The third-order valence-corrected chi connectivity index (χ3v) is 4.52. The molecule has 0 amide bonds. The van der Waals surface area contributed by atoms with E-state index in [0.717, 1.165) is 13.1 Å². The normalized spacial score (nSPS) is 16.9. The van der Waals surface area contributed by atoms with Gasteiger partial charge in [-0.3, -0.25) is 4.99 Å². The van der Waals surface area contributed by atoms with Gasteiger partial charge in [0.15, 0.2) is 5.96 Å². The van der Waals surface area contributed by atoms with Gasteiger partial charge in [0.25, 0.3) is 0 Å². The molecule has 0 radical (unpaired) electrons. The number of ether oxygens (including phenoxy) is 1. The van der Waals surface area contributed by atoms with Gasteiger partial charge in [0.1, 0.15) is 0 Å². The van der Waals surface area contributed by atoms with E-state index in [1.807, 2.05) is 13.8 Å². The predicted octanol–water partition coefficient (Wildman–Crippen LogP) is -0.777. The molecule has 2 N–H and O–H groups in total. The van der Waals surface area contributed by atoms with Crippen LogP contribution in [0.25, 0.3) is 0 Å². The van der Waals surface area contributed by atoms with Crippen LogP contribution in [0.15, 0.2) is 4.99 Å². The molecule has 0 aromatic heterocycles. The Labute approximate surface area is 115 Å². The van der Waals surface area contributed by atoms with Crippen molar-refractivity contribution in [1.82, 2.24) is 14.9 Å². The highest BCUT2D eigenvalue weighted by molar-refractivity contribution is 7.89. The fourth-order valence-corrected chi connectivity index (χ4v) is 3.02. The van der Waals surface area contributed by atoms with E-state index in [9.17, 15) is 8.42 Å². The highest BCUT2D eigenvalue weighted by atomic mass is 32.2. The molecule has 0 aromatic rings. The molecular weight excluding hydrogens is 268 g/mol. The topological polar surface area (TPSA) is 83.0 Å². The maximum absolute atomic E-state index is 12.0. The lowest BCUT2D eigenvalue weighted by molar-refractivity contribution is 0.0731. The fourth-order valence-electron chi connectivity index (χ4n) is 1.74. The summed E-state index contributed by atoms with van der Waals surface area (Å²) in [4.78, 5) is 4.24. The first-order chi connectivity index (χ1) is 9.10. The van der Waals surface area contributed by atoms with Crippen LogP contribution in [0.4, 0.5) is 0 Å². The van der Waals surface area contributed by atoms with Crippen LogP contribution in [0.2, 0.25) is 0 Å². The van der Waals surface area contributed by atoms with Crippen molar-refractivity contribution >= 4 is 16.0 Å². The van der Waals surface area contributed by atoms with E-state index in [4.69, 9.17) is 4.74 Å². The minimum Gasteiger partial charge on any atom is -0.379 e. The molecule has 8 heteroatoms. The molecule has 0 unspecified atom stereocenters. The summed E-state index contributed by atoms with van der Waals surface area (Å²) in [5.41, 5.74) is 0. The van der Waals surface area contributed by atoms with Gasteiger partial charge >= 0.3 is 0 Å². The standard InChI is InChI=1S/C11H24N4O3S/c1-3-12-11(13-4-2)14-5-10-19(16,17)15-6-8-18-9-7-15/h3-10H2,1-2H3,(H2,12,13,14). The molecule has 0 spiro atoms. The monoisotopic (exact) mass is 292 g/mol. The Morgan fingerprint density at radius 2 is 1.79 bits per heavy atom. The number of aliphatic imine (C=N–C) groups is 1. The van der Waals surface area contributed by atoms with Gasteiger partial charge in [-0.1, -0.05) is 0 Å². The van der Waals surface area contributed by atoms with E-state index in [1.165, 1.54) is 4.31 Å². The lowest BCUT2D eigenvalue weighted by Gasteiger charge is -2.25. The summed E-state index contributed by atoms with van der Waals surface area (Å²) in [6.45, 7) is 7.54. The van der Waals surface area contributed by atoms with Gasteiger partial charge < -0.3 is 15.4 Å². The second-order valence-electron chi connectivity index (χ2n) is 4.12. The van der Waals surface area contributed by atoms with Crippen molar-refractivity contribution < 1.29 is 13.2 Å². The Balaban J connectivity index is 2.46. The highest BCUT2D eigenvalue weighted by Crippen LogP contribution is 2.05. The molecule has 0 atom stereocenters. The summed E-state index contributed by atoms with van der Waals surface area (Å²) >= 11 is 0. The smallest absolute Gasteiger partial charge is 0.216 e. The molecule has 1 aliphatic rings. The molecule has 0 aromatic carbocycles. The Morgan fingerprint density at radius 3 is 2.32 bits per heavy atom. The van der Waals surface area contributed by atoms with Crippen LogP contribution in [0.5, 0.6) is 0 Å². The van der Waals surface area contributed by atoms with Crippen LogP contribution in [-0.4, -0.2) is 70.4 Å². The Hall–Kier alpha value is -0.860. The van der Waals surface area contributed by atoms with Crippen LogP contribution < -0.4 is 10.6 Å². The van der Waals surface area contributed by atoms with Gasteiger partial charge in [0.05, 0.1) is 25.5 Å². The summed E-state index contributed by atoms with van der Waals surface area (Å²) in [5.74, 6) is 0.690. The number of hydrogen-bond donors (Lipinski definition) is 2. The summed E-state index contributed by atoms with van der Waals surface area (Å²) in [5, 5.41) is 6.12. The van der Waals surface area contributed by atoms with Crippen molar-refractivity contribution in [3.63, 3.8) is 0 Å². The zero-order valence-electron chi connectivity index (χ0n) is 11.7. The van der Waals surface area contributed by atoms with Crippen molar-refractivity contribution in [2.75, 3.05) is 51.7 Å². The van der Waals surface area contributed by atoms with E-state index >= 15 is 0 Å². The molecular formula is C11H24N4O3S. The van der Waals surface area contributed by atoms with Crippen LogP contribution in [0.3, 0.4) is 0 Å². The molecule has 112 valence electrons. The minimum atomic E-state index is -3.22. The molecule has 7 nitrogen and oxygen atoms in total. The number of nitrogens with zero attached hydrogens (tertiary/aromatic N) is 2. The van der Waals surface area contributed by atoms with Gasteiger partial charge in [-0.15, -0.1) is 0 Å². The van der Waals surface area contributed by atoms with Crippen LogP contribution in [0.1, 0.15) is 13.8 Å². The zero-order chi connectivity index (χ0) is 14.1. The first kappa shape index (κ1) is 16.2. The van der Waals surface area contributed by atoms with Gasteiger partial charge in [-0.05, 0) is 13.8 Å². The molecule has 1 fully saturated rings. The van der Waals surface area contributed by atoms with Crippen molar-refractivity contribution in [1.29, 1.82) is 0 Å². The van der Waals surface area contributed by atoms with Crippen molar-refractivity contribution in [3.8, 4) is 0 Å². The third kappa shape index (κ3) is 5.75. The van der Waals surface area contributed by atoms with Gasteiger partial charge in [-0.25, -0.2) is 8.42 Å². The Bertz CT molecular complexity index is 369. The molecule has 1 saturated heterocycles. The lowest BCUT2D eigenvalue weighted by Crippen LogP contribution is -2.42. The average Bonchev–Trinajstić information content (AvgIpc) is 2.40. The second kappa shape index (κ2) is 8.34. The van der Waals surface area contributed by atoms with Crippen LogP contribution in [-0.2, 0) is 14.8 Å². The number of morpholine rings is 1. The van der Waals surface area contributed by atoms with Gasteiger partial charge in [0.2, 0.25) is 10.0 Å². The molecule has 1 rings (SSSR count). The van der Waals surface area contributed by atoms with Crippen molar-refractivity contribution in [2.24, 2.45) is 4.99 Å². The van der Waals surface area contributed by atoms with Crippen molar-refractivity contribution in [3.05, 3.63) is 0 Å². The number of rotatable bonds is 6. The SMILES string of the molecule is CCNC(=NCCS(=O)(=O)N1CCOCC1)NCC. The van der Waals surface area contributed by atoms with Gasteiger partial charge in [-0.2, -0.15) is 4.31 Å². The van der Waals surface area contributed by atoms with Gasteiger partial charge in [0, 0.05) is 26.2 Å². The Kier molecular flexibility index (Phi) is 7.11. The third-order valence-electron chi connectivity index (χ3n) is 2.67. The second-order valence-corrected chi connectivity index (χ2v) is 6.21. The fraction of sp³-hybridized carbons (Fsp3) is 0.909. The average molecular weight is 292 g/mol. The molecule has 0 aliphatic carbocycles. The quantitative estimate of drug-likeness (QED) is 0.496. The highest BCUT2D eigenvalue weighted by Gasteiger charge is 2.23. The lowest BCUT2D eigenvalue weighted by atomic mass is 10.5. The van der Waals surface area contributed by atoms with Crippen LogP contribution >= 0.6 is 0 Å². The predicted molar refractivity (Wildman–Crippen MR) is 75.8 cm³/mol. The number of nitrogens with one attached hydrogen (secondary N) is 2. The number of sulfonamides is 1. The van der Waals surface area contributed by atoms with E-state index in [0.29, 0.717) is 32.3 Å². The first-order valence-corrected chi connectivity index (χ1v) is 8.28. The van der Waals surface area contributed by atoms with Crippen molar-refractivity contribution in [2.45, 2.75) is 13.8 Å². The summed E-state index contributed by atoms with van der Waals surface area (Å²) < 4.78 is 30.7. The molecule has 1 heterocycles. The largest absolute Gasteiger partial charge is 0.379 e. The van der Waals surface area contributed by atoms with E-state index in [2.05, 4.69) is 15.6 Å². The first-order valence-electron chi connectivity index (χ1n) is 6.68. The maximum Gasteiger partial charge on any atom is 0.216 e. The van der Waals surface area contributed by atoms with Crippen LogP contribution in [0, 0.1) is 0 Å². The van der Waals surface area contributed by atoms with E-state index < -0.39 is 10.0 Å². The molecule has 0 bridgehead atoms.